The molecule has 1 heterocycles. The summed E-state index contributed by atoms with van der Waals surface area (Å²) in [5.74, 6) is -2.44. The molecule has 2 saturated carbocycles. The SMILES string of the molecule is C=C1C(=O)O[C@H]2[C@H]1[C@@H](OC(C)=O)C[C@@]1(C)C(=O)CC/C(=C\OC(C)=O)[C@H]21. The summed E-state index contributed by atoms with van der Waals surface area (Å²) in [5.41, 5.74) is 0.116. The summed E-state index contributed by atoms with van der Waals surface area (Å²) in [5, 5.41) is 0. The summed E-state index contributed by atoms with van der Waals surface area (Å²) < 4.78 is 16.0. The highest BCUT2D eigenvalue weighted by atomic mass is 16.6. The highest BCUT2D eigenvalue weighted by Crippen LogP contribution is 2.56. The predicted molar refractivity (Wildman–Crippen MR) is 88.4 cm³/mol. The zero-order valence-electron chi connectivity index (χ0n) is 15.1. The van der Waals surface area contributed by atoms with Gasteiger partial charge in [0, 0.05) is 37.2 Å². The van der Waals surface area contributed by atoms with Crippen LogP contribution in [-0.4, -0.2) is 35.9 Å². The number of carbonyl (C=O) groups is 4. The number of ether oxygens (including phenoxy) is 3. The van der Waals surface area contributed by atoms with Gasteiger partial charge in [0.05, 0.1) is 12.2 Å². The lowest BCUT2D eigenvalue weighted by atomic mass is 9.54. The van der Waals surface area contributed by atoms with Crippen molar-refractivity contribution in [1.29, 1.82) is 0 Å². The number of ketones is 1. The smallest absolute Gasteiger partial charge is 0.334 e. The molecule has 3 aliphatic rings. The lowest BCUT2D eigenvalue weighted by molar-refractivity contribution is -0.170. The fourth-order valence-corrected chi connectivity index (χ4v) is 4.58. The molecule has 0 aromatic heterocycles. The van der Waals surface area contributed by atoms with E-state index in [-0.39, 0.29) is 17.8 Å². The van der Waals surface area contributed by atoms with Gasteiger partial charge in [0.25, 0.3) is 0 Å². The highest BCUT2D eigenvalue weighted by molar-refractivity contribution is 5.93. The molecule has 26 heavy (non-hydrogen) atoms. The van der Waals surface area contributed by atoms with Crippen molar-refractivity contribution in [2.75, 3.05) is 0 Å². The van der Waals surface area contributed by atoms with Crippen LogP contribution in [0, 0.1) is 17.3 Å². The average Bonchev–Trinajstić information content (AvgIpc) is 2.82. The van der Waals surface area contributed by atoms with E-state index in [1.165, 1.54) is 20.1 Å². The minimum Gasteiger partial charge on any atom is -0.462 e. The molecule has 0 spiro atoms. The van der Waals surface area contributed by atoms with Gasteiger partial charge < -0.3 is 14.2 Å². The maximum atomic E-state index is 12.8. The minimum atomic E-state index is -0.879. The lowest BCUT2D eigenvalue weighted by Gasteiger charge is -2.51. The number of esters is 3. The number of hydrogen-bond donors (Lipinski definition) is 0. The second-order valence-corrected chi connectivity index (χ2v) is 7.39. The highest BCUT2D eigenvalue weighted by Gasteiger charge is 2.62. The Morgan fingerprint density at radius 1 is 1.23 bits per heavy atom. The molecular formula is C19H22O7. The predicted octanol–water partition coefficient (Wildman–Crippen LogP) is 1.85. The molecule has 0 bridgehead atoms. The third kappa shape index (κ3) is 2.85. The van der Waals surface area contributed by atoms with Crippen LogP contribution in [0.5, 0.6) is 0 Å². The molecule has 0 unspecified atom stereocenters. The van der Waals surface area contributed by atoms with Gasteiger partial charge in [0.2, 0.25) is 0 Å². The van der Waals surface area contributed by atoms with Crippen molar-refractivity contribution >= 4 is 23.7 Å². The van der Waals surface area contributed by atoms with E-state index in [9.17, 15) is 19.2 Å². The van der Waals surface area contributed by atoms with Crippen molar-refractivity contribution in [2.24, 2.45) is 17.3 Å². The van der Waals surface area contributed by atoms with Crippen LogP contribution in [0.3, 0.4) is 0 Å². The van der Waals surface area contributed by atoms with E-state index < -0.39 is 47.4 Å². The van der Waals surface area contributed by atoms with Crippen molar-refractivity contribution in [3.05, 3.63) is 24.0 Å². The van der Waals surface area contributed by atoms with E-state index in [0.717, 1.165) is 5.57 Å². The van der Waals surface area contributed by atoms with Gasteiger partial charge in [-0.2, -0.15) is 0 Å². The topological polar surface area (TPSA) is 96.0 Å². The molecule has 2 aliphatic carbocycles. The molecule has 7 heteroatoms. The fourth-order valence-electron chi connectivity index (χ4n) is 4.58. The Bertz CT molecular complexity index is 734. The summed E-state index contributed by atoms with van der Waals surface area (Å²) >= 11 is 0. The summed E-state index contributed by atoms with van der Waals surface area (Å²) in [7, 11) is 0. The summed E-state index contributed by atoms with van der Waals surface area (Å²) in [6, 6.07) is 0. The van der Waals surface area contributed by atoms with E-state index >= 15 is 0 Å². The zero-order valence-corrected chi connectivity index (χ0v) is 15.1. The van der Waals surface area contributed by atoms with Gasteiger partial charge >= 0.3 is 17.9 Å². The van der Waals surface area contributed by atoms with E-state index in [0.29, 0.717) is 12.8 Å². The molecule has 140 valence electrons. The van der Waals surface area contributed by atoms with Crippen molar-refractivity contribution in [3.8, 4) is 0 Å². The van der Waals surface area contributed by atoms with Gasteiger partial charge in [-0.15, -0.1) is 0 Å². The zero-order chi connectivity index (χ0) is 19.2. The number of rotatable bonds is 2. The standard InChI is InChI=1S/C19H22O7/c1-9-15-13(25-11(3)21)7-19(4)14(22)6-5-12(8-24-10(2)20)16(19)17(15)26-18(9)23/h8,13,15-17H,1,5-7H2,2-4H3/b12-8+/t13-,15+,16+,17-,19-/m0/s1. The van der Waals surface area contributed by atoms with Gasteiger partial charge in [-0.25, -0.2) is 4.79 Å². The molecular weight excluding hydrogens is 340 g/mol. The Kier molecular flexibility index (Phi) is 4.50. The van der Waals surface area contributed by atoms with Crippen LogP contribution in [0.25, 0.3) is 0 Å². The van der Waals surface area contributed by atoms with Crippen LogP contribution in [0.1, 0.15) is 40.0 Å². The van der Waals surface area contributed by atoms with Crippen LogP contribution in [0.15, 0.2) is 24.0 Å². The van der Waals surface area contributed by atoms with Crippen LogP contribution in [0.2, 0.25) is 0 Å². The molecule has 0 aromatic carbocycles. The average molecular weight is 362 g/mol. The molecule has 0 aromatic rings. The molecule has 1 saturated heterocycles. The Morgan fingerprint density at radius 3 is 2.54 bits per heavy atom. The van der Waals surface area contributed by atoms with Gasteiger partial charge in [0.1, 0.15) is 18.0 Å². The van der Waals surface area contributed by atoms with E-state index in [4.69, 9.17) is 14.2 Å². The molecule has 7 nitrogen and oxygen atoms in total. The Hall–Kier alpha value is -2.44. The second kappa shape index (κ2) is 6.37. The molecule has 3 fully saturated rings. The third-order valence-corrected chi connectivity index (χ3v) is 5.67. The van der Waals surface area contributed by atoms with Gasteiger partial charge in [-0.05, 0) is 18.4 Å². The number of hydrogen-bond acceptors (Lipinski definition) is 7. The van der Waals surface area contributed by atoms with Crippen molar-refractivity contribution in [3.63, 3.8) is 0 Å². The van der Waals surface area contributed by atoms with E-state index in [1.807, 2.05) is 0 Å². The number of carbonyl (C=O) groups excluding carboxylic acids is 4. The third-order valence-electron chi connectivity index (χ3n) is 5.67. The van der Waals surface area contributed by atoms with Crippen LogP contribution >= 0.6 is 0 Å². The number of fused-ring (bicyclic) bond motifs is 3. The molecule has 1 aliphatic heterocycles. The van der Waals surface area contributed by atoms with Crippen molar-refractivity contribution in [1.82, 2.24) is 0 Å². The Morgan fingerprint density at radius 2 is 1.92 bits per heavy atom. The summed E-state index contributed by atoms with van der Waals surface area (Å²) in [6.07, 6.45) is 1.02. The Balaban J connectivity index is 2.06. The molecule has 5 atom stereocenters. The van der Waals surface area contributed by atoms with Crippen LogP contribution in [-0.2, 0) is 33.4 Å². The maximum absolute atomic E-state index is 12.8. The van der Waals surface area contributed by atoms with Crippen molar-refractivity contribution < 1.29 is 33.4 Å². The van der Waals surface area contributed by atoms with Gasteiger partial charge in [-0.3, -0.25) is 14.4 Å². The van der Waals surface area contributed by atoms with E-state index in [2.05, 4.69) is 6.58 Å². The minimum absolute atomic E-state index is 0.0200. The monoisotopic (exact) mass is 362 g/mol. The Labute approximate surface area is 151 Å². The largest absolute Gasteiger partial charge is 0.462 e. The fraction of sp³-hybridized carbons (Fsp3) is 0.579. The van der Waals surface area contributed by atoms with E-state index in [1.54, 1.807) is 6.92 Å². The molecule has 3 rings (SSSR count). The number of Topliss-reactive ketones (excluding diaryl/α,β-unsaturated/α-hetero) is 1. The first-order valence-electron chi connectivity index (χ1n) is 8.61. The summed E-state index contributed by atoms with van der Waals surface area (Å²) in [6.45, 7) is 8.18. The normalized spacial score (nSPS) is 37.7. The van der Waals surface area contributed by atoms with Gasteiger partial charge in [-0.1, -0.05) is 13.5 Å². The first-order chi connectivity index (χ1) is 12.1. The first kappa shape index (κ1) is 18.4. The molecule has 0 radical (unpaired) electrons. The molecule has 0 N–H and O–H groups in total. The lowest BCUT2D eigenvalue weighted by Crippen LogP contribution is -2.56. The van der Waals surface area contributed by atoms with Crippen molar-refractivity contribution in [2.45, 2.75) is 52.2 Å². The maximum Gasteiger partial charge on any atom is 0.334 e. The van der Waals surface area contributed by atoms with Crippen LogP contribution < -0.4 is 0 Å². The summed E-state index contributed by atoms with van der Waals surface area (Å²) in [4.78, 5) is 47.7. The second-order valence-electron chi connectivity index (χ2n) is 7.39. The van der Waals surface area contributed by atoms with Crippen LogP contribution in [0.4, 0.5) is 0 Å². The first-order valence-corrected chi connectivity index (χ1v) is 8.61. The van der Waals surface area contributed by atoms with Gasteiger partial charge in [0.15, 0.2) is 0 Å². The quantitative estimate of drug-likeness (QED) is 0.320. The molecule has 0 amide bonds.